The van der Waals surface area contributed by atoms with E-state index in [1.807, 2.05) is 19.1 Å². The zero-order valence-electron chi connectivity index (χ0n) is 17.6. The predicted octanol–water partition coefficient (Wildman–Crippen LogP) is 4.33. The molecule has 4 heteroatoms. The van der Waals surface area contributed by atoms with Gasteiger partial charge in [0.05, 0.1) is 0 Å². The second-order valence-corrected chi connectivity index (χ2v) is 9.43. The highest BCUT2D eigenvalue weighted by Gasteiger charge is 2.52. The third-order valence-corrected chi connectivity index (χ3v) is 7.66. The number of rotatable bonds is 8. The summed E-state index contributed by atoms with van der Waals surface area (Å²) in [5.41, 5.74) is 3.19. The first kappa shape index (κ1) is 20.2. The molecule has 0 amide bonds. The number of hydrogen-bond acceptors (Lipinski definition) is 4. The van der Waals surface area contributed by atoms with Gasteiger partial charge in [-0.3, -0.25) is 0 Å². The van der Waals surface area contributed by atoms with Crippen LogP contribution in [0, 0.1) is 5.92 Å². The topological polar surface area (TPSA) is 50.7 Å². The Morgan fingerprint density at radius 1 is 1.14 bits per heavy atom. The lowest BCUT2D eigenvalue weighted by atomic mass is 9.60. The van der Waals surface area contributed by atoms with E-state index in [1.165, 1.54) is 43.2 Å². The molecule has 1 aliphatic carbocycles. The second kappa shape index (κ2) is 8.33. The molecule has 1 aromatic rings. The summed E-state index contributed by atoms with van der Waals surface area (Å²) in [7, 11) is 0. The lowest BCUT2D eigenvalue weighted by Crippen LogP contribution is -2.63. The Kier molecular flexibility index (Phi) is 6.01. The first-order valence-corrected chi connectivity index (χ1v) is 11.3. The van der Waals surface area contributed by atoms with Gasteiger partial charge in [0.2, 0.25) is 0 Å². The molecule has 0 radical (unpaired) electrons. The molecule has 2 N–H and O–H groups in total. The zero-order chi connectivity index (χ0) is 19.6. The molecular formula is C24H37NO3. The first-order chi connectivity index (χ1) is 13.6. The number of ether oxygens (including phenoxy) is 2. The fourth-order valence-corrected chi connectivity index (χ4v) is 6.15. The minimum absolute atomic E-state index is 0.123. The SMILES string of the molecule is CCOCCCOCCC12CCC[C@]3(C)c4cc(O)ccc4C[C@H](CC1)[C@@H]3N2. The molecule has 2 heterocycles. The lowest BCUT2D eigenvalue weighted by Gasteiger charge is -2.53. The van der Waals surface area contributed by atoms with Crippen LogP contribution < -0.4 is 5.32 Å². The Morgan fingerprint density at radius 2 is 2.00 bits per heavy atom. The molecule has 0 spiro atoms. The van der Waals surface area contributed by atoms with Crippen molar-refractivity contribution in [3.05, 3.63) is 29.3 Å². The number of nitrogens with one attached hydrogen (secondary N) is 1. The van der Waals surface area contributed by atoms with Crippen LogP contribution in [0.25, 0.3) is 0 Å². The van der Waals surface area contributed by atoms with Gasteiger partial charge in [0.25, 0.3) is 0 Å². The van der Waals surface area contributed by atoms with Crippen LogP contribution in [0.3, 0.4) is 0 Å². The van der Waals surface area contributed by atoms with Crippen LogP contribution in [0.15, 0.2) is 18.2 Å². The average Bonchev–Trinajstić information content (AvgIpc) is 2.82. The molecule has 0 aromatic heterocycles. The summed E-state index contributed by atoms with van der Waals surface area (Å²) in [6.45, 7) is 7.69. The maximum Gasteiger partial charge on any atom is 0.115 e. The molecule has 2 fully saturated rings. The molecule has 4 atom stereocenters. The average molecular weight is 388 g/mol. The van der Waals surface area contributed by atoms with Crippen molar-refractivity contribution in [3.8, 4) is 5.75 Å². The standard InChI is InChI=1S/C24H37NO3/c1-3-27-13-5-14-28-15-12-24-10-4-9-23(2)21-17-20(26)7-6-18(21)16-19(8-11-24)22(23)25-24/h6-7,17,19,22,25-26H,3-5,8-16H2,1-2H3/t19-,22-,23+,24?/m0/s1. The second-order valence-electron chi connectivity index (χ2n) is 9.43. The highest BCUT2D eigenvalue weighted by atomic mass is 16.5. The number of phenolic OH excluding ortho intramolecular Hbond substituents is 1. The van der Waals surface area contributed by atoms with Crippen molar-refractivity contribution in [2.24, 2.45) is 5.92 Å². The summed E-state index contributed by atoms with van der Waals surface area (Å²) in [5.74, 6) is 1.12. The van der Waals surface area contributed by atoms with Crippen LogP contribution in [0.4, 0.5) is 0 Å². The Bertz CT molecular complexity index is 678. The molecule has 3 aliphatic rings. The Morgan fingerprint density at radius 3 is 2.86 bits per heavy atom. The van der Waals surface area contributed by atoms with Crippen molar-refractivity contribution >= 4 is 0 Å². The molecular weight excluding hydrogens is 350 g/mol. The van der Waals surface area contributed by atoms with Crippen LogP contribution in [0.1, 0.15) is 69.9 Å². The fraction of sp³-hybridized carbons (Fsp3) is 0.750. The first-order valence-electron chi connectivity index (χ1n) is 11.3. The van der Waals surface area contributed by atoms with Gasteiger partial charge in [-0.2, -0.15) is 0 Å². The van der Waals surface area contributed by atoms with E-state index in [0.717, 1.165) is 45.7 Å². The third kappa shape index (κ3) is 3.83. The van der Waals surface area contributed by atoms with E-state index in [4.69, 9.17) is 9.47 Å². The van der Waals surface area contributed by atoms with E-state index in [0.29, 0.717) is 17.7 Å². The number of phenols is 1. The van der Waals surface area contributed by atoms with Crippen LogP contribution in [-0.4, -0.2) is 43.1 Å². The van der Waals surface area contributed by atoms with Gasteiger partial charge in [0.15, 0.2) is 0 Å². The fourth-order valence-electron chi connectivity index (χ4n) is 6.15. The smallest absolute Gasteiger partial charge is 0.115 e. The zero-order valence-corrected chi connectivity index (χ0v) is 17.6. The minimum atomic E-state index is 0.123. The predicted molar refractivity (Wildman–Crippen MR) is 112 cm³/mol. The summed E-state index contributed by atoms with van der Waals surface area (Å²) in [6.07, 6.45) is 9.49. The van der Waals surface area contributed by atoms with Crippen molar-refractivity contribution in [2.45, 2.75) is 82.2 Å². The monoisotopic (exact) mass is 387 g/mol. The Labute approximate surface area is 170 Å². The number of hydrogen-bond donors (Lipinski definition) is 2. The van der Waals surface area contributed by atoms with Crippen LogP contribution in [0.5, 0.6) is 5.75 Å². The van der Waals surface area contributed by atoms with Gasteiger partial charge in [-0.25, -0.2) is 0 Å². The summed E-state index contributed by atoms with van der Waals surface area (Å²) in [4.78, 5) is 0. The molecule has 156 valence electrons. The number of benzene rings is 1. The molecule has 4 rings (SSSR count). The molecule has 1 unspecified atom stereocenters. The summed E-state index contributed by atoms with van der Waals surface area (Å²) in [6, 6.07) is 6.57. The van der Waals surface area contributed by atoms with Gasteiger partial charge >= 0.3 is 0 Å². The highest BCUT2D eigenvalue weighted by Crippen LogP contribution is 2.52. The Hall–Kier alpha value is -1.10. The highest BCUT2D eigenvalue weighted by molar-refractivity contribution is 5.44. The minimum Gasteiger partial charge on any atom is -0.508 e. The quantitative estimate of drug-likeness (QED) is 0.652. The largest absolute Gasteiger partial charge is 0.508 e. The maximum absolute atomic E-state index is 10.1. The van der Waals surface area contributed by atoms with Crippen molar-refractivity contribution in [2.75, 3.05) is 26.4 Å². The molecule has 1 aromatic carbocycles. The molecule has 4 nitrogen and oxygen atoms in total. The van der Waals surface area contributed by atoms with Crippen molar-refractivity contribution in [1.82, 2.24) is 5.32 Å². The molecule has 2 aliphatic heterocycles. The van der Waals surface area contributed by atoms with E-state index >= 15 is 0 Å². The van der Waals surface area contributed by atoms with E-state index in [2.05, 4.69) is 18.3 Å². The van der Waals surface area contributed by atoms with Crippen molar-refractivity contribution in [1.29, 1.82) is 0 Å². The van der Waals surface area contributed by atoms with E-state index < -0.39 is 0 Å². The number of aromatic hydroxyl groups is 1. The summed E-state index contributed by atoms with van der Waals surface area (Å²) >= 11 is 0. The van der Waals surface area contributed by atoms with E-state index in [9.17, 15) is 5.11 Å². The van der Waals surface area contributed by atoms with E-state index in [-0.39, 0.29) is 11.0 Å². The van der Waals surface area contributed by atoms with Gasteiger partial charge in [0, 0.05) is 43.4 Å². The molecule has 0 saturated carbocycles. The summed E-state index contributed by atoms with van der Waals surface area (Å²) < 4.78 is 11.3. The van der Waals surface area contributed by atoms with Gasteiger partial charge < -0.3 is 19.9 Å². The van der Waals surface area contributed by atoms with Gasteiger partial charge in [-0.05, 0) is 81.0 Å². The van der Waals surface area contributed by atoms with Gasteiger partial charge in [0.1, 0.15) is 5.75 Å². The summed E-state index contributed by atoms with van der Waals surface area (Å²) in [5, 5.41) is 14.3. The van der Waals surface area contributed by atoms with Crippen LogP contribution in [0.2, 0.25) is 0 Å². The van der Waals surface area contributed by atoms with E-state index in [1.54, 1.807) is 0 Å². The molecule has 2 saturated heterocycles. The van der Waals surface area contributed by atoms with Crippen molar-refractivity contribution in [3.63, 3.8) is 0 Å². The third-order valence-electron chi connectivity index (χ3n) is 7.66. The Balaban J connectivity index is 1.44. The van der Waals surface area contributed by atoms with Crippen molar-refractivity contribution < 1.29 is 14.6 Å². The van der Waals surface area contributed by atoms with Gasteiger partial charge in [-0.15, -0.1) is 0 Å². The van der Waals surface area contributed by atoms with Crippen LogP contribution >= 0.6 is 0 Å². The number of fused-ring (bicyclic) bond motifs is 3. The lowest BCUT2D eigenvalue weighted by molar-refractivity contribution is 0.0493. The molecule has 28 heavy (non-hydrogen) atoms. The van der Waals surface area contributed by atoms with Gasteiger partial charge in [-0.1, -0.05) is 19.4 Å². The number of piperidine rings is 1. The normalized spacial score (nSPS) is 33.9. The maximum atomic E-state index is 10.1. The van der Waals surface area contributed by atoms with Crippen LogP contribution in [-0.2, 0) is 21.3 Å². The molecule has 2 bridgehead atoms.